The van der Waals surface area contributed by atoms with E-state index in [0.717, 1.165) is 16.4 Å². The summed E-state index contributed by atoms with van der Waals surface area (Å²) in [5, 5.41) is 1.04. The maximum Gasteiger partial charge on any atom is 0.374 e. The number of hydrogen-bond acceptors (Lipinski definition) is 5. The first kappa shape index (κ1) is 17.1. The smallest absolute Gasteiger partial charge is 0.374 e. The Morgan fingerprint density at radius 3 is 2.83 bits per heavy atom. The molecule has 0 saturated heterocycles. The van der Waals surface area contributed by atoms with E-state index in [4.69, 9.17) is 14.1 Å². The molecule has 2 aromatic heterocycles. The highest BCUT2D eigenvalue weighted by molar-refractivity contribution is 7.98. The van der Waals surface area contributed by atoms with E-state index in [1.807, 2.05) is 6.07 Å². The number of aromatic nitrogens is 2. The van der Waals surface area contributed by atoms with Gasteiger partial charge in [0.05, 0.1) is 19.1 Å². The van der Waals surface area contributed by atoms with Crippen molar-refractivity contribution in [2.75, 3.05) is 7.11 Å². The predicted octanol–water partition coefficient (Wildman–Crippen LogP) is 4.68. The van der Waals surface area contributed by atoms with Gasteiger partial charge >= 0.3 is 5.97 Å². The largest absolute Gasteiger partial charge is 0.463 e. The van der Waals surface area contributed by atoms with E-state index in [1.165, 1.54) is 51.2 Å². The van der Waals surface area contributed by atoms with Gasteiger partial charge in [0, 0.05) is 23.1 Å². The Kier molecular flexibility index (Phi) is 5.33. The molecule has 2 heterocycles. The average molecular weight is 348 g/mol. The first-order chi connectivity index (χ1) is 11.6. The van der Waals surface area contributed by atoms with Crippen molar-refractivity contribution in [1.29, 1.82) is 0 Å². The van der Waals surface area contributed by atoms with Crippen LogP contribution < -0.4 is 0 Å². The van der Waals surface area contributed by atoms with Gasteiger partial charge in [-0.1, -0.05) is 31.0 Å². The molecule has 6 heteroatoms. The van der Waals surface area contributed by atoms with Crippen molar-refractivity contribution in [3.05, 3.63) is 35.0 Å². The van der Waals surface area contributed by atoms with Crippen LogP contribution in [-0.4, -0.2) is 22.6 Å². The van der Waals surface area contributed by atoms with Crippen LogP contribution in [0, 0.1) is 13.8 Å². The molecule has 0 aromatic carbocycles. The van der Waals surface area contributed by atoms with E-state index in [1.54, 1.807) is 11.8 Å². The summed E-state index contributed by atoms with van der Waals surface area (Å²) < 4.78 is 12.4. The van der Waals surface area contributed by atoms with Crippen molar-refractivity contribution in [3.63, 3.8) is 0 Å². The number of nitrogens with zero attached hydrogens (tertiary/aromatic N) is 2. The highest BCUT2D eigenvalue weighted by atomic mass is 32.2. The molecule has 1 aliphatic rings. The number of furan rings is 1. The van der Waals surface area contributed by atoms with Gasteiger partial charge in [-0.3, -0.25) is 0 Å². The Morgan fingerprint density at radius 2 is 2.12 bits per heavy atom. The van der Waals surface area contributed by atoms with Crippen molar-refractivity contribution >= 4 is 17.7 Å². The van der Waals surface area contributed by atoms with Gasteiger partial charge in [0.15, 0.2) is 5.16 Å². The van der Waals surface area contributed by atoms with Crippen LogP contribution in [0.2, 0.25) is 0 Å². The van der Waals surface area contributed by atoms with Crippen LogP contribution in [0.1, 0.15) is 65.7 Å². The van der Waals surface area contributed by atoms with Crippen molar-refractivity contribution in [3.8, 4) is 0 Å². The van der Waals surface area contributed by atoms with Crippen LogP contribution in [0.15, 0.2) is 21.9 Å². The number of hydrogen-bond donors (Lipinski definition) is 0. The molecule has 5 nitrogen and oxygen atoms in total. The van der Waals surface area contributed by atoms with Crippen molar-refractivity contribution < 1.29 is 13.9 Å². The number of rotatable bonds is 5. The van der Waals surface area contributed by atoms with Gasteiger partial charge in [-0.15, -0.1) is 0 Å². The zero-order valence-electron chi connectivity index (χ0n) is 14.5. The van der Waals surface area contributed by atoms with E-state index in [9.17, 15) is 4.79 Å². The molecule has 0 atom stereocenters. The molecule has 1 fully saturated rings. The molecule has 2 aromatic rings. The third kappa shape index (κ3) is 3.38. The van der Waals surface area contributed by atoms with Gasteiger partial charge in [-0.25, -0.2) is 9.78 Å². The average Bonchev–Trinajstić information content (AvgIpc) is 3.18. The molecule has 0 unspecified atom stereocenters. The lowest BCUT2D eigenvalue weighted by Crippen LogP contribution is -2.15. The van der Waals surface area contributed by atoms with E-state index in [0.29, 0.717) is 11.8 Å². The lowest BCUT2D eigenvalue weighted by molar-refractivity contribution is 0.0564. The summed E-state index contributed by atoms with van der Waals surface area (Å²) in [5.41, 5.74) is 3.19. The number of aryl methyl sites for hydroxylation is 1. The third-order valence-corrected chi connectivity index (χ3v) is 5.77. The number of esters is 1. The van der Waals surface area contributed by atoms with Gasteiger partial charge in [0.25, 0.3) is 0 Å². The lowest BCUT2D eigenvalue weighted by atomic mass is 9.95. The molecule has 1 aliphatic carbocycles. The molecule has 0 bridgehead atoms. The van der Waals surface area contributed by atoms with Gasteiger partial charge in [0.1, 0.15) is 0 Å². The monoisotopic (exact) mass is 348 g/mol. The second-order valence-corrected chi connectivity index (χ2v) is 7.22. The summed E-state index contributed by atoms with van der Waals surface area (Å²) in [6.45, 7) is 4.22. The topological polar surface area (TPSA) is 57.3 Å². The zero-order chi connectivity index (χ0) is 17.1. The lowest BCUT2D eigenvalue weighted by Gasteiger charge is -2.26. The minimum atomic E-state index is -0.432. The van der Waals surface area contributed by atoms with Gasteiger partial charge in [-0.2, -0.15) is 0 Å². The summed E-state index contributed by atoms with van der Waals surface area (Å²) in [5.74, 6) is 0.497. The van der Waals surface area contributed by atoms with E-state index in [-0.39, 0.29) is 5.76 Å². The van der Waals surface area contributed by atoms with Crippen LogP contribution in [0.25, 0.3) is 0 Å². The second kappa shape index (κ2) is 7.47. The van der Waals surface area contributed by atoms with Crippen molar-refractivity contribution in [1.82, 2.24) is 9.55 Å². The molecule has 0 N–H and O–H groups in total. The standard InChI is InChI=1S/C18H24N2O3S/c1-12-13(2)20(15-7-5-4-6-8-15)18(19-12)24-11-14-9-10-23-16(14)17(21)22-3/h9-10,15H,4-8,11H2,1-3H3. The second-order valence-electron chi connectivity index (χ2n) is 6.28. The Morgan fingerprint density at radius 1 is 1.38 bits per heavy atom. The van der Waals surface area contributed by atoms with Crippen molar-refractivity contribution in [2.24, 2.45) is 0 Å². The number of thioether (sulfide) groups is 1. The minimum Gasteiger partial charge on any atom is -0.463 e. The molecular weight excluding hydrogens is 324 g/mol. The number of ether oxygens (including phenoxy) is 1. The molecule has 0 aliphatic heterocycles. The summed E-state index contributed by atoms with van der Waals surface area (Å²) in [6, 6.07) is 2.37. The Labute approximate surface area is 146 Å². The quantitative estimate of drug-likeness (QED) is 0.580. The Hall–Kier alpha value is -1.69. The normalized spacial score (nSPS) is 15.6. The molecule has 3 rings (SSSR count). The predicted molar refractivity (Wildman–Crippen MR) is 93.4 cm³/mol. The van der Waals surface area contributed by atoms with Gasteiger partial charge in [0.2, 0.25) is 5.76 Å². The van der Waals surface area contributed by atoms with Crippen LogP contribution in [-0.2, 0) is 10.5 Å². The fourth-order valence-corrected chi connectivity index (χ4v) is 4.47. The fraction of sp³-hybridized carbons (Fsp3) is 0.556. The summed E-state index contributed by atoms with van der Waals surface area (Å²) in [6.07, 6.45) is 7.90. The molecular formula is C18H24N2O3S. The highest BCUT2D eigenvalue weighted by Gasteiger charge is 2.23. The summed E-state index contributed by atoms with van der Waals surface area (Å²) in [4.78, 5) is 16.5. The highest BCUT2D eigenvalue weighted by Crippen LogP contribution is 2.35. The van der Waals surface area contributed by atoms with Crippen LogP contribution in [0.3, 0.4) is 0 Å². The van der Waals surface area contributed by atoms with Gasteiger partial charge < -0.3 is 13.7 Å². The van der Waals surface area contributed by atoms with Crippen LogP contribution >= 0.6 is 11.8 Å². The number of carbonyl (C=O) groups is 1. The molecule has 0 spiro atoms. The number of carbonyl (C=O) groups excluding carboxylic acids is 1. The molecule has 130 valence electrons. The molecule has 0 radical (unpaired) electrons. The number of methoxy groups -OCH3 is 1. The Balaban J connectivity index is 1.79. The third-order valence-electron chi connectivity index (χ3n) is 4.77. The zero-order valence-corrected chi connectivity index (χ0v) is 15.3. The van der Waals surface area contributed by atoms with Crippen molar-refractivity contribution in [2.45, 2.75) is 62.9 Å². The van der Waals surface area contributed by atoms with Crippen LogP contribution in [0.4, 0.5) is 0 Å². The maximum atomic E-state index is 11.7. The maximum absolute atomic E-state index is 11.7. The van der Waals surface area contributed by atoms with Gasteiger partial charge in [-0.05, 0) is 32.8 Å². The first-order valence-electron chi connectivity index (χ1n) is 8.44. The molecule has 24 heavy (non-hydrogen) atoms. The molecule has 1 saturated carbocycles. The summed E-state index contributed by atoms with van der Waals surface area (Å²) in [7, 11) is 1.37. The Bertz CT molecular complexity index is 714. The van der Waals surface area contributed by atoms with E-state index in [2.05, 4.69) is 18.4 Å². The van der Waals surface area contributed by atoms with Crippen LogP contribution in [0.5, 0.6) is 0 Å². The first-order valence-corrected chi connectivity index (χ1v) is 9.43. The minimum absolute atomic E-state index is 0.286. The fourth-order valence-electron chi connectivity index (χ4n) is 3.33. The van der Waals surface area contributed by atoms with E-state index < -0.39 is 5.97 Å². The number of imidazole rings is 1. The van der Waals surface area contributed by atoms with E-state index >= 15 is 0 Å². The SMILES string of the molecule is COC(=O)c1occc1CSc1nc(C)c(C)n1C1CCCCC1. The molecule has 0 amide bonds. The summed E-state index contributed by atoms with van der Waals surface area (Å²) >= 11 is 1.66.